The lowest BCUT2D eigenvalue weighted by Gasteiger charge is -2.35. The van der Waals surface area contributed by atoms with E-state index < -0.39 is 0 Å². The Bertz CT molecular complexity index is 698. The lowest BCUT2D eigenvalue weighted by atomic mass is 10.0. The van der Waals surface area contributed by atoms with Crippen molar-refractivity contribution in [3.63, 3.8) is 0 Å². The summed E-state index contributed by atoms with van der Waals surface area (Å²) in [5.74, 6) is 1.24. The van der Waals surface area contributed by atoms with Crippen LogP contribution in [-0.4, -0.2) is 52.0 Å². The molecule has 6 heteroatoms. The summed E-state index contributed by atoms with van der Waals surface area (Å²) in [6.07, 6.45) is 2.96. The van der Waals surface area contributed by atoms with Gasteiger partial charge in [0.05, 0.1) is 6.54 Å². The van der Waals surface area contributed by atoms with Crippen molar-refractivity contribution >= 4 is 5.91 Å². The SMILES string of the molecule is CC(C)N(C)CC(=O)N1CCCC[C@@H]1c1nc(-c2ccccc2)no1. The zero-order valence-electron chi connectivity index (χ0n) is 15.2. The number of nitrogens with zero attached hydrogens (tertiary/aromatic N) is 4. The third-order valence-corrected chi connectivity index (χ3v) is 4.85. The molecule has 6 nitrogen and oxygen atoms in total. The van der Waals surface area contributed by atoms with Crippen molar-refractivity contribution in [2.75, 3.05) is 20.1 Å². The molecule has 0 radical (unpaired) electrons. The van der Waals surface area contributed by atoms with Crippen LogP contribution in [0.1, 0.15) is 45.0 Å². The van der Waals surface area contributed by atoms with E-state index in [0.717, 1.165) is 31.4 Å². The average molecular weight is 342 g/mol. The lowest BCUT2D eigenvalue weighted by molar-refractivity contribution is -0.137. The fraction of sp³-hybridized carbons (Fsp3) is 0.526. The summed E-state index contributed by atoms with van der Waals surface area (Å²) in [6, 6.07) is 9.98. The predicted molar refractivity (Wildman–Crippen MR) is 95.8 cm³/mol. The van der Waals surface area contributed by atoms with Crippen LogP contribution in [0.2, 0.25) is 0 Å². The molecule has 1 aliphatic rings. The van der Waals surface area contributed by atoms with Gasteiger partial charge < -0.3 is 9.42 Å². The fourth-order valence-corrected chi connectivity index (χ4v) is 3.05. The third kappa shape index (κ3) is 4.07. The van der Waals surface area contributed by atoms with Gasteiger partial charge in [-0.25, -0.2) is 0 Å². The van der Waals surface area contributed by atoms with Gasteiger partial charge in [0.2, 0.25) is 17.6 Å². The van der Waals surface area contributed by atoms with Crippen LogP contribution in [0.25, 0.3) is 11.4 Å². The molecule has 0 unspecified atom stereocenters. The van der Waals surface area contributed by atoms with Gasteiger partial charge in [-0.1, -0.05) is 35.5 Å². The number of aromatic nitrogens is 2. The van der Waals surface area contributed by atoms with Gasteiger partial charge in [0.1, 0.15) is 6.04 Å². The fourth-order valence-electron chi connectivity index (χ4n) is 3.05. The summed E-state index contributed by atoms with van der Waals surface area (Å²) < 4.78 is 5.52. The Labute approximate surface area is 148 Å². The van der Waals surface area contributed by atoms with Crippen LogP contribution in [0.5, 0.6) is 0 Å². The molecule has 1 aromatic carbocycles. The van der Waals surface area contributed by atoms with Gasteiger partial charge in [0.25, 0.3) is 0 Å². The number of amides is 1. The Morgan fingerprint density at radius 1 is 1.32 bits per heavy atom. The van der Waals surface area contributed by atoms with Crippen LogP contribution in [0.15, 0.2) is 34.9 Å². The van der Waals surface area contributed by atoms with Crippen LogP contribution in [0.3, 0.4) is 0 Å². The van der Waals surface area contributed by atoms with Gasteiger partial charge in [0, 0.05) is 18.2 Å². The molecule has 0 N–H and O–H groups in total. The number of hydrogen-bond donors (Lipinski definition) is 0. The van der Waals surface area contributed by atoms with Crippen LogP contribution >= 0.6 is 0 Å². The zero-order chi connectivity index (χ0) is 17.8. The first-order valence-corrected chi connectivity index (χ1v) is 8.95. The maximum absolute atomic E-state index is 12.8. The van der Waals surface area contributed by atoms with Crippen molar-refractivity contribution in [2.45, 2.75) is 45.2 Å². The van der Waals surface area contributed by atoms with E-state index in [1.807, 2.05) is 42.3 Å². The second kappa shape index (κ2) is 7.78. The standard InChI is InChI=1S/C19H26N4O2/c1-14(2)22(3)13-17(24)23-12-8-7-11-16(23)19-20-18(21-25-19)15-9-5-4-6-10-15/h4-6,9-10,14,16H,7-8,11-13H2,1-3H3/t16-/m1/s1. The minimum atomic E-state index is -0.119. The number of likely N-dealkylation sites (tertiary alicyclic amines) is 1. The zero-order valence-corrected chi connectivity index (χ0v) is 15.2. The van der Waals surface area contributed by atoms with Gasteiger partial charge in [0.15, 0.2) is 0 Å². The number of carbonyl (C=O) groups excluding carboxylic acids is 1. The highest BCUT2D eigenvalue weighted by Crippen LogP contribution is 2.31. The monoisotopic (exact) mass is 342 g/mol. The Morgan fingerprint density at radius 3 is 2.80 bits per heavy atom. The molecular weight excluding hydrogens is 316 g/mol. The van der Waals surface area contributed by atoms with E-state index in [1.165, 1.54) is 0 Å². The van der Waals surface area contributed by atoms with E-state index in [9.17, 15) is 4.79 Å². The quantitative estimate of drug-likeness (QED) is 0.835. The number of piperidine rings is 1. The minimum Gasteiger partial charge on any atom is -0.337 e. The van der Waals surface area contributed by atoms with Gasteiger partial charge in [-0.3, -0.25) is 9.69 Å². The molecule has 1 amide bonds. The van der Waals surface area contributed by atoms with E-state index >= 15 is 0 Å². The van der Waals surface area contributed by atoms with Crippen molar-refractivity contribution in [3.05, 3.63) is 36.2 Å². The molecule has 2 aromatic rings. The smallest absolute Gasteiger partial charge is 0.249 e. The summed E-state index contributed by atoms with van der Waals surface area (Å²) in [5.41, 5.74) is 0.922. The predicted octanol–water partition coefficient (Wildman–Crippen LogP) is 3.13. The van der Waals surface area contributed by atoms with E-state index in [-0.39, 0.29) is 11.9 Å². The third-order valence-electron chi connectivity index (χ3n) is 4.85. The van der Waals surface area contributed by atoms with Crippen LogP contribution in [-0.2, 0) is 4.79 Å². The highest BCUT2D eigenvalue weighted by molar-refractivity contribution is 5.78. The van der Waals surface area contributed by atoms with Crippen LogP contribution < -0.4 is 0 Å². The van der Waals surface area contributed by atoms with Gasteiger partial charge in [-0.05, 0) is 40.2 Å². The molecule has 1 saturated heterocycles. The number of likely N-dealkylation sites (N-methyl/N-ethyl adjacent to an activating group) is 1. The molecule has 3 rings (SSSR count). The summed E-state index contributed by atoms with van der Waals surface area (Å²) >= 11 is 0. The lowest BCUT2D eigenvalue weighted by Crippen LogP contribution is -2.45. The van der Waals surface area contributed by atoms with E-state index in [2.05, 4.69) is 28.9 Å². The maximum atomic E-state index is 12.8. The summed E-state index contributed by atoms with van der Waals surface area (Å²) in [4.78, 5) is 21.3. The molecule has 134 valence electrons. The Hall–Kier alpha value is -2.21. The van der Waals surface area contributed by atoms with Gasteiger partial charge >= 0.3 is 0 Å². The number of carbonyl (C=O) groups is 1. The first-order chi connectivity index (χ1) is 12.1. The van der Waals surface area contributed by atoms with E-state index in [0.29, 0.717) is 24.3 Å². The Kier molecular flexibility index (Phi) is 5.48. The normalized spacial score (nSPS) is 18.1. The molecule has 1 fully saturated rings. The topological polar surface area (TPSA) is 62.5 Å². The second-order valence-electron chi connectivity index (χ2n) is 6.93. The average Bonchev–Trinajstić information content (AvgIpc) is 3.12. The van der Waals surface area contributed by atoms with Crippen molar-refractivity contribution < 1.29 is 9.32 Å². The second-order valence-corrected chi connectivity index (χ2v) is 6.93. The van der Waals surface area contributed by atoms with E-state index in [4.69, 9.17) is 4.52 Å². The molecule has 1 aliphatic heterocycles. The molecule has 1 aromatic heterocycles. The largest absolute Gasteiger partial charge is 0.337 e. The number of rotatable bonds is 5. The minimum absolute atomic E-state index is 0.119. The Morgan fingerprint density at radius 2 is 2.08 bits per heavy atom. The molecule has 0 saturated carbocycles. The molecule has 0 spiro atoms. The van der Waals surface area contributed by atoms with Crippen molar-refractivity contribution in [1.82, 2.24) is 19.9 Å². The van der Waals surface area contributed by atoms with Crippen molar-refractivity contribution in [1.29, 1.82) is 0 Å². The summed E-state index contributed by atoms with van der Waals surface area (Å²) in [7, 11) is 1.97. The maximum Gasteiger partial charge on any atom is 0.249 e. The number of benzene rings is 1. The molecule has 0 bridgehead atoms. The van der Waals surface area contributed by atoms with Gasteiger partial charge in [-0.15, -0.1) is 0 Å². The van der Waals surface area contributed by atoms with Crippen molar-refractivity contribution in [3.8, 4) is 11.4 Å². The summed E-state index contributed by atoms with van der Waals surface area (Å²) in [6.45, 7) is 5.34. The van der Waals surface area contributed by atoms with E-state index in [1.54, 1.807) is 0 Å². The highest BCUT2D eigenvalue weighted by Gasteiger charge is 2.32. The molecular formula is C19H26N4O2. The van der Waals surface area contributed by atoms with Crippen LogP contribution in [0, 0.1) is 0 Å². The van der Waals surface area contributed by atoms with Gasteiger partial charge in [-0.2, -0.15) is 4.98 Å². The molecule has 1 atom stereocenters. The van der Waals surface area contributed by atoms with Crippen LogP contribution in [0.4, 0.5) is 0 Å². The Balaban J connectivity index is 1.77. The molecule has 25 heavy (non-hydrogen) atoms. The first-order valence-electron chi connectivity index (χ1n) is 8.95. The van der Waals surface area contributed by atoms with Crippen molar-refractivity contribution in [2.24, 2.45) is 0 Å². The molecule has 2 heterocycles. The summed E-state index contributed by atoms with van der Waals surface area (Å²) in [5, 5.41) is 4.11. The first kappa shape index (κ1) is 17.6. The highest BCUT2D eigenvalue weighted by atomic mass is 16.5. The number of hydrogen-bond acceptors (Lipinski definition) is 5. The molecule has 0 aliphatic carbocycles.